The highest BCUT2D eigenvalue weighted by Crippen LogP contribution is 2.22. The highest BCUT2D eigenvalue weighted by molar-refractivity contribution is 5.76. The fourth-order valence-corrected chi connectivity index (χ4v) is 2.81. The number of furan rings is 1. The van der Waals surface area contributed by atoms with Crippen LogP contribution in [0.15, 0.2) is 75.9 Å². The highest BCUT2D eigenvalue weighted by atomic mass is 16.5. The Morgan fingerprint density at radius 1 is 1.00 bits per heavy atom. The summed E-state index contributed by atoms with van der Waals surface area (Å²) in [5.74, 6) is 1.000. The van der Waals surface area contributed by atoms with Gasteiger partial charge in [0, 0.05) is 12.0 Å². The van der Waals surface area contributed by atoms with E-state index in [-0.39, 0.29) is 18.7 Å². The van der Waals surface area contributed by atoms with Gasteiger partial charge in [-0.2, -0.15) is 4.68 Å². The molecule has 0 spiro atoms. The molecule has 0 aliphatic carbocycles. The number of fused-ring (bicyclic) bond motifs is 1. The molecule has 0 aliphatic heterocycles. The third-order valence-corrected chi connectivity index (χ3v) is 4.27. The van der Waals surface area contributed by atoms with Crippen LogP contribution in [0.25, 0.3) is 22.2 Å². The van der Waals surface area contributed by atoms with E-state index < -0.39 is 5.97 Å². The molecule has 0 aliphatic rings. The Labute approximate surface area is 160 Å². The lowest BCUT2D eigenvalue weighted by Crippen LogP contribution is -2.26. The molecular formula is C21H17N3O4. The zero-order valence-electron chi connectivity index (χ0n) is 14.9. The van der Waals surface area contributed by atoms with Gasteiger partial charge in [0.15, 0.2) is 6.73 Å². The van der Waals surface area contributed by atoms with E-state index in [0.29, 0.717) is 23.1 Å². The van der Waals surface area contributed by atoms with Crippen LogP contribution in [0, 0.1) is 0 Å². The van der Waals surface area contributed by atoms with Gasteiger partial charge in [0.05, 0.1) is 11.8 Å². The lowest BCUT2D eigenvalue weighted by molar-refractivity contribution is -0.148. The van der Waals surface area contributed by atoms with Crippen LogP contribution in [0.5, 0.6) is 0 Å². The first-order valence-corrected chi connectivity index (χ1v) is 8.83. The zero-order valence-corrected chi connectivity index (χ0v) is 14.9. The first kappa shape index (κ1) is 17.7. The van der Waals surface area contributed by atoms with Crippen molar-refractivity contribution in [3.05, 3.63) is 82.8 Å². The van der Waals surface area contributed by atoms with Crippen molar-refractivity contribution in [2.24, 2.45) is 0 Å². The SMILES string of the molecule is O=C(CCc1ccc(-c2ccccc2)o1)OCn1nnc2ccccc2c1=O. The molecular weight excluding hydrogens is 358 g/mol. The number of nitrogens with zero attached hydrogens (tertiary/aromatic N) is 3. The number of aromatic nitrogens is 3. The molecule has 4 aromatic rings. The predicted molar refractivity (Wildman–Crippen MR) is 102 cm³/mol. The fourth-order valence-electron chi connectivity index (χ4n) is 2.81. The summed E-state index contributed by atoms with van der Waals surface area (Å²) < 4.78 is 11.9. The minimum absolute atomic E-state index is 0.136. The Balaban J connectivity index is 1.34. The number of ether oxygens (including phenoxy) is 1. The van der Waals surface area contributed by atoms with Crippen LogP contribution in [0.3, 0.4) is 0 Å². The molecule has 140 valence electrons. The van der Waals surface area contributed by atoms with Crippen LogP contribution in [-0.4, -0.2) is 21.0 Å². The second kappa shape index (κ2) is 7.87. The summed E-state index contributed by atoms with van der Waals surface area (Å²) in [6.07, 6.45) is 0.543. The van der Waals surface area contributed by atoms with Crippen molar-refractivity contribution in [2.45, 2.75) is 19.6 Å². The quantitative estimate of drug-likeness (QED) is 0.481. The molecule has 0 atom stereocenters. The number of hydrogen-bond donors (Lipinski definition) is 0. The highest BCUT2D eigenvalue weighted by Gasteiger charge is 2.10. The van der Waals surface area contributed by atoms with Gasteiger partial charge in [-0.1, -0.05) is 47.7 Å². The maximum absolute atomic E-state index is 12.3. The average Bonchev–Trinajstić information content (AvgIpc) is 3.22. The molecule has 7 heteroatoms. The summed E-state index contributed by atoms with van der Waals surface area (Å²) in [5.41, 5.74) is 1.13. The number of carbonyl (C=O) groups is 1. The molecule has 0 saturated carbocycles. The van der Waals surface area contributed by atoms with Gasteiger partial charge in [0.25, 0.3) is 5.56 Å². The summed E-state index contributed by atoms with van der Waals surface area (Å²) in [6, 6.07) is 20.3. The zero-order chi connectivity index (χ0) is 19.3. The van der Waals surface area contributed by atoms with Gasteiger partial charge in [-0.25, -0.2) is 0 Å². The molecule has 2 heterocycles. The van der Waals surface area contributed by atoms with Crippen molar-refractivity contribution in [1.29, 1.82) is 0 Å². The van der Waals surface area contributed by atoms with Crippen molar-refractivity contribution in [3.63, 3.8) is 0 Å². The molecule has 0 amide bonds. The van der Waals surface area contributed by atoms with E-state index in [1.165, 1.54) is 0 Å². The van der Waals surface area contributed by atoms with E-state index in [2.05, 4.69) is 10.3 Å². The largest absolute Gasteiger partial charge is 0.461 e. The first-order valence-electron chi connectivity index (χ1n) is 8.83. The van der Waals surface area contributed by atoms with Crippen molar-refractivity contribution in [1.82, 2.24) is 15.0 Å². The molecule has 4 rings (SSSR count). The lowest BCUT2D eigenvalue weighted by atomic mass is 10.2. The standard InChI is InChI=1S/C21H17N3O4/c25-20(13-11-16-10-12-19(28-16)15-6-2-1-3-7-15)27-14-24-21(26)17-8-4-5-9-18(17)22-23-24/h1-10,12H,11,13-14H2. The van der Waals surface area contributed by atoms with Crippen LogP contribution >= 0.6 is 0 Å². The Hall–Kier alpha value is -3.74. The number of benzene rings is 2. The summed E-state index contributed by atoms with van der Waals surface area (Å²) in [4.78, 5) is 24.3. The fraction of sp³-hybridized carbons (Fsp3) is 0.143. The topological polar surface area (TPSA) is 87.2 Å². The molecule has 2 aromatic carbocycles. The second-order valence-electron chi connectivity index (χ2n) is 6.19. The van der Waals surface area contributed by atoms with Gasteiger partial charge in [0.2, 0.25) is 0 Å². The molecule has 0 bridgehead atoms. The van der Waals surface area contributed by atoms with Crippen molar-refractivity contribution >= 4 is 16.9 Å². The normalized spacial score (nSPS) is 10.9. The molecule has 0 unspecified atom stereocenters. The van der Waals surface area contributed by atoms with Crippen molar-refractivity contribution in [2.75, 3.05) is 0 Å². The number of esters is 1. The molecule has 0 saturated heterocycles. The maximum atomic E-state index is 12.3. The van der Waals surface area contributed by atoms with Gasteiger partial charge in [-0.05, 0) is 24.3 Å². The van der Waals surface area contributed by atoms with Crippen LogP contribution in [0.4, 0.5) is 0 Å². The van der Waals surface area contributed by atoms with Gasteiger partial charge in [-0.3, -0.25) is 9.59 Å². The average molecular weight is 375 g/mol. The van der Waals surface area contributed by atoms with E-state index in [0.717, 1.165) is 16.0 Å². The first-order chi connectivity index (χ1) is 13.7. The maximum Gasteiger partial charge on any atom is 0.308 e. The van der Waals surface area contributed by atoms with Crippen LogP contribution in [0.2, 0.25) is 0 Å². The lowest BCUT2D eigenvalue weighted by Gasteiger charge is -2.06. The number of aryl methyl sites for hydroxylation is 1. The van der Waals surface area contributed by atoms with Gasteiger partial charge in [0.1, 0.15) is 17.0 Å². The van der Waals surface area contributed by atoms with Crippen LogP contribution in [-0.2, 0) is 22.7 Å². The Morgan fingerprint density at radius 3 is 2.64 bits per heavy atom. The van der Waals surface area contributed by atoms with Crippen molar-refractivity contribution < 1.29 is 13.9 Å². The molecule has 0 N–H and O–H groups in total. The third kappa shape index (κ3) is 3.83. The Bertz CT molecular complexity index is 1160. The summed E-state index contributed by atoms with van der Waals surface area (Å²) in [5, 5.41) is 8.17. The monoisotopic (exact) mass is 375 g/mol. The van der Waals surface area contributed by atoms with Gasteiger partial charge >= 0.3 is 5.97 Å². The Kier molecular flexibility index (Phi) is 4.97. The van der Waals surface area contributed by atoms with Crippen LogP contribution in [0.1, 0.15) is 12.2 Å². The van der Waals surface area contributed by atoms with E-state index in [1.807, 2.05) is 42.5 Å². The number of rotatable bonds is 6. The van der Waals surface area contributed by atoms with Gasteiger partial charge < -0.3 is 9.15 Å². The molecule has 7 nitrogen and oxygen atoms in total. The van der Waals surface area contributed by atoms with E-state index in [4.69, 9.17) is 9.15 Å². The molecule has 28 heavy (non-hydrogen) atoms. The second-order valence-corrected chi connectivity index (χ2v) is 6.19. The Morgan fingerprint density at radius 2 is 1.79 bits per heavy atom. The summed E-state index contributed by atoms with van der Waals surface area (Å²) in [7, 11) is 0. The van der Waals surface area contributed by atoms with Gasteiger partial charge in [-0.15, -0.1) is 5.10 Å². The molecule has 0 radical (unpaired) electrons. The minimum Gasteiger partial charge on any atom is -0.461 e. The van der Waals surface area contributed by atoms with Crippen molar-refractivity contribution in [3.8, 4) is 11.3 Å². The summed E-state index contributed by atoms with van der Waals surface area (Å²) >= 11 is 0. The van der Waals surface area contributed by atoms with E-state index in [9.17, 15) is 9.59 Å². The molecule has 0 fully saturated rings. The third-order valence-electron chi connectivity index (χ3n) is 4.27. The summed E-state index contributed by atoms with van der Waals surface area (Å²) in [6.45, 7) is -0.275. The predicted octanol–water partition coefficient (Wildman–Crippen LogP) is 3.19. The van der Waals surface area contributed by atoms with E-state index >= 15 is 0 Å². The smallest absolute Gasteiger partial charge is 0.308 e. The minimum atomic E-state index is -0.445. The van der Waals surface area contributed by atoms with E-state index in [1.54, 1.807) is 24.3 Å². The van der Waals surface area contributed by atoms with Crippen LogP contribution < -0.4 is 5.56 Å². The number of carbonyl (C=O) groups excluding carboxylic acids is 1. The molecule has 2 aromatic heterocycles. The number of hydrogen-bond acceptors (Lipinski definition) is 6.